The van der Waals surface area contributed by atoms with Gasteiger partial charge < -0.3 is 112 Å². The minimum Gasteiger partial charge on any atom is -0.481 e. The first-order valence-corrected chi connectivity index (χ1v) is 45.2. The number of β-amino-alcohol motifs (C(OH)–C–C–N with tert-alkyl or cyclic N) is 1. The predicted octanol–water partition coefficient (Wildman–Crippen LogP) is 2.68. The van der Waals surface area contributed by atoms with E-state index in [0.717, 1.165) is 74.8 Å². The second kappa shape index (κ2) is 60.5. The summed E-state index contributed by atoms with van der Waals surface area (Å²) in [6.45, 7) is 1.56. The van der Waals surface area contributed by atoms with E-state index >= 15 is 0 Å². The van der Waals surface area contributed by atoms with Gasteiger partial charge in [-0.15, -0.1) is 0 Å². The summed E-state index contributed by atoms with van der Waals surface area (Å²) in [5.41, 5.74) is 7.87. The Morgan fingerprint density at radius 3 is 1.55 bits per heavy atom. The number of amides is 12. The quantitative estimate of drug-likeness (QED) is 0.0223. The molecule has 0 radical (unpaired) electrons. The van der Waals surface area contributed by atoms with Crippen LogP contribution in [0.4, 0.5) is 0 Å². The number of nitrogens with one attached hydrogen (secondary N) is 11. The summed E-state index contributed by atoms with van der Waals surface area (Å²) in [6, 6.07) is 9.20. The number of unbranched alkanes of at least 4 members (excludes halogenated alkanes) is 15. The zero-order valence-corrected chi connectivity index (χ0v) is 73.7. The summed E-state index contributed by atoms with van der Waals surface area (Å²) in [5.74, 6) is -13.4. The SMILES string of the molecule is CCCC[C@H](NC(=O)[C@H](Cc1ccc(OS(=O)(=O)O)cc1)NC(=O)[C@H](CC(=O)O)NC(=O)COCCOCCNC(=O)COCCOCCNC(=O)CC[C@H](NC(=O)CCCCCCCCCCCCCCCCC(=O)O)C(=O)O)C(=O)NCC(=O)N[C@@H](Cc1c[nH]c2ccccc12)C(=O)N[C@@H](CCCC)C(=O)N1C[C@H](O)C[C@H]1C(=O)N[C@@H](Cc1ccccc1)C(N)=O. The molecule has 0 bridgehead atoms. The van der Waals surface area contributed by atoms with Gasteiger partial charge in [0.25, 0.3) is 0 Å². The number of rotatable bonds is 69. The number of para-hydroxylation sites is 1. The van der Waals surface area contributed by atoms with Gasteiger partial charge >= 0.3 is 28.3 Å². The molecule has 0 unspecified atom stereocenters. The molecule has 1 aliphatic heterocycles. The maximum absolute atomic E-state index is 14.7. The third kappa shape index (κ3) is 44.5. The highest BCUT2D eigenvalue weighted by Gasteiger charge is 2.43. The Kier molecular flexibility index (Phi) is 50.7. The molecular formula is C87H129N13O27S. The lowest BCUT2D eigenvalue weighted by Gasteiger charge is -2.30. The molecule has 40 nitrogen and oxygen atoms in total. The number of hydrogen-bond donors (Lipinski definition) is 17. The van der Waals surface area contributed by atoms with Crippen molar-refractivity contribution in [1.82, 2.24) is 63.1 Å². The summed E-state index contributed by atoms with van der Waals surface area (Å²) in [6.07, 6.45) is 15.1. The second-order valence-corrected chi connectivity index (χ2v) is 32.4. The number of ether oxygens (including phenoxy) is 4. The number of aliphatic hydroxyl groups excluding tert-OH is 1. The van der Waals surface area contributed by atoms with Gasteiger partial charge in [-0.25, -0.2) is 4.79 Å². The summed E-state index contributed by atoms with van der Waals surface area (Å²) < 4.78 is 58.4. The van der Waals surface area contributed by atoms with Crippen LogP contribution in [0.5, 0.6) is 5.75 Å². The number of likely N-dealkylation sites (tertiary alicyclic amines) is 1. The normalized spacial score (nSPS) is 14.7. The number of hydrogen-bond acceptors (Lipinski definition) is 23. The molecule has 710 valence electrons. The van der Waals surface area contributed by atoms with Crippen molar-refractivity contribution in [2.75, 3.05) is 79.0 Å². The van der Waals surface area contributed by atoms with E-state index in [-0.39, 0.29) is 141 Å². The molecule has 1 aliphatic rings. The summed E-state index contributed by atoms with van der Waals surface area (Å²) in [5, 5.41) is 65.4. The molecule has 3 aromatic carbocycles. The van der Waals surface area contributed by atoms with Gasteiger partial charge in [-0.05, 0) is 67.0 Å². The average molecular weight is 1820 g/mol. The van der Waals surface area contributed by atoms with E-state index in [0.29, 0.717) is 54.1 Å². The van der Waals surface area contributed by atoms with Gasteiger partial charge in [0.05, 0.1) is 58.7 Å². The topological polar surface area (TPSA) is 603 Å². The molecule has 0 aliphatic carbocycles. The lowest BCUT2D eigenvalue weighted by atomic mass is 10.0. The maximum atomic E-state index is 14.7. The van der Waals surface area contributed by atoms with E-state index in [2.05, 4.69) is 62.3 Å². The largest absolute Gasteiger partial charge is 0.481 e. The first kappa shape index (κ1) is 107. The number of carboxylic acid groups (broad SMARTS) is 3. The van der Waals surface area contributed by atoms with Crippen molar-refractivity contribution >= 4 is 110 Å². The molecular weight excluding hydrogens is 1690 g/mol. The monoisotopic (exact) mass is 1820 g/mol. The number of primary amides is 1. The van der Waals surface area contributed by atoms with Crippen molar-refractivity contribution in [3.63, 3.8) is 0 Å². The number of aromatic nitrogens is 1. The average Bonchev–Trinajstić information content (AvgIpc) is 1.60. The molecule has 12 amide bonds. The van der Waals surface area contributed by atoms with Crippen molar-refractivity contribution in [1.29, 1.82) is 0 Å². The van der Waals surface area contributed by atoms with Crippen LogP contribution in [-0.4, -0.2) is 266 Å². The van der Waals surface area contributed by atoms with Crippen molar-refractivity contribution in [3.05, 3.63) is 102 Å². The zero-order chi connectivity index (χ0) is 93.6. The van der Waals surface area contributed by atoms with E-state index in [1.54, 1.807) is 67.7 Å². The molecule has 1 saturated heterocycles. The van der Waals surface area contributed by atoms with Gasteiger partial charge in [-0.3, -0.25) is 71.7 Å². The molecule has 128 heavy (non-hydrogen) atoms. The van der Waals surface area contributed by atoms with Gasteiger partial charge in [0.15, 0.2) is 0 Å². The third-order valence-corrected chi connectivity index (χ3v) is 21.2. The summed E-state index contributed by atoms with van der Waals surface area (Å²) >= 11 is 0. The second-order valence-electron chi connectivity index (χ2n) is 31.4. The minimum absolute atomic E-state index is 0.00236. The lowest BCUT2D eigenvalue weighted by molar-refractivity contribution is -0.142. The molecule has 0 spiro atoms. The number of aromatic amines is 1. The smallest absolute Gasteiger partial charge is 0.446 e. The number of fused-ring (bicyclic) bond motifs is 1. The molecule has 1 fully saturated rings. The van der Waals surface area contributed by atoms with Crippen molar-refractivity contribution in [3.8, 4) is 5.75 Å². The van der Waals surface area contributed by atoms with E-state index < -0.39 is 174 Å². The molecule has 0 saturated carbocycles. The first-order chi connectivity index (χ1) is 61.3. The van der Waals surface area contributed by atoms with Crippen LogP contribution in [0.2, 0.25) is 0 Å². The number of carbonyl (C=O) groups is 15. The Hall–Kier alpha value is -11.2. The van der Waals surface area contributed by atoms with E-state index in [1.807, 2.05) is 6.92 Å². The van der Waals surface area contributed by atoms with E-state index in [4.69, 9.17) is 29.8 Å². The predicted molar refractivity (Wildman–Crippen MR) is 465 cm³/mol. The van der Waals surface area contributed by atoms with E-state index in [1.165, 1.54) is 37.8 Å². The summed E-state index contributed by atoms with van der Waals surface area (Å²) in [7, 11) is -4.98. The van der Waals surface area contributed by atoms with Crippen LogP contribution >= 0.6 is 0 Å². The molecule has 1 aromatic heterocycles. The van der Waals surface area contributed by atoms with Gasteiger partial charge in [-0.2, -0.15) is 8.42 Å². The Morgan fingerprint density at radius 1 is 0.469 bits per heavy atom. The highest BCUT2D eigenvalue weighted by Crippen LogP contribution is 2.25. The molecule has 18 N–H and O–H groups in total. The number of nitrogens with two attached hydrogens (primary N) is 1. The standard InChI is InChI=1S/C87H129N13O27S/c1-3-5-29-65(81(112)92-54-75(104)94-70(50-60-53-91-64-31-25-24-28-63(60)64)83(114)97-66(30-6-4-2)86(117)100-55-61(101)51-72(100)85(116)98-68(80(88)111)48-58-26-20-19-21-27-58)96-82(113)69(49-59-34-36-62(37-35-59)127-128(120,121)122)99-84(115)71(52-79(109)110)95-77(106)57-126-47-45-124-43-41-90-76(105)56-125-46-44-123-42-40-89-73(102)39-38-67(87(118)119)93-74(103)32-22-17-15-13-11-9-7-8-10-12-14-16-18-23-33-78(107)108/h19-21,24-28,31,34-37,53,61,65-72,91,101H,3-18,22-23,29-30,32-33,38-52,54-57H2,1-2H3,(H2,88,111)(H,89,102)(H,90,105)(H,92,112)(H,93,103)(H,94,104)(H,95,106)(H,96,113)(H,97,114)(H,98,116)(H,99,115)(H,107,108)(H,109,110)(H,118,119)(H,120,121,122)/t61-,65+,66+,67+,68+,69+,70+,71+,72+/m1/s1. The third-order valence-electron chi connectivity index (χ3n) is 20.8. The van der Waals surface area contributed by atoms with Crippen LogP contribution in [0.1, 0.15) is 197 Å². The summed E-state index contributed by atoms with van der Waals surface area (Å²) in [4.78, 5) is 202. The van der Waals surface area contributed by atoms with Crippen molar-refractivity contribution in [2.45, 2.75) is 254 Å². The minimum atomic E-state index is -4.98. The fraction of sp³-hybridized carbons (Fsp3) is 0.598. The zero-order valence-electron chi connectivity index (χ0n) is 72.9. The number of aliphatic carboxylic acids is 3. The van der Waals surface area contributed by atoms with Crippen LogP contribution in [0.3, 0.4) is 0 Å². The first-order valence-electron chi connectivity index (χ1n) is 43.8. The Morgan fingerprint density at radius 2 is 0.969 bits per heavy atom. The molecule has 4 aromatic rings. The number of nitrogens with zero attached hydrogens (tertiary/aromatic N) is 1. The Balaban J connectivity index is 1.06. The molecule has 5 rings (SSSR count). The van der Waals surface area contributed by atoms with Crippen molar-refractivity contribution in [2.24, 2.45) is 5.73 Å². The number of aliphatic hydroxyl groups is 1. The van der Waals surface area contributed by atoms with Gasteiger partial charge in [0, 0.05) is 81.7 Å². The Labute approximate surface area is 744 Å². The van der Waals surface area contributed by atoms with Crippen LogP contribution in [0, 0.1) is 0 Å². The highest BCUT2D eigenvalue weighted by atomic mass is 32.3. The number of carbonyl (C=O) groups excluding carboxylic acids is 12. The van der Waals surface area contributed by atoms with Crippen LogP contribution in [0.25, 0.3) is 10.9 Å². The lowest BCUT2D eigenvalue weighted by Crippen LogP contribution is -2.59. The molecule has 2 heterocycles. The van der Waals surface area contributed by atoms with Gasteiger partial charge in [-0.1, -0.05) is 177 Å². The van der Waals surface area contributed by atoms with Crippen LogP contribution < -0.4 is 63.1 Å². The van der Waals surface area contributed by atoms with E-state index in [9.17, 15) is 100 Å². The fourth-order valence-electron chi connectivity index (χ4n) is 14.1. The Bertz CT molecular complexity index is 4290. The number of carboxylic acids is 3. The highest BCUT2D eigenvalue weighted by molar-refractivity contribution is 7.81. The molecule has 9 atom stereocenters. The van der Waals surface area contributed by atoms with Crippen LogP contribution in [-0.2, 0) is 121 Å². The number of benzene rings is 3. The maximum Gasteiger partial charge on any atom is 0.446 e. The number of H-pyrrole nitrogens is 1. The van der Waals surface area contributed by atoms with Crippen molar-refractivity contribution < 1.29 is 128 Å². The fourth-order valence-corrected chi connectivity index (χ4v) is 14.4. The molecule has 41 heteroatoms. The van der Waals surface area contributed by atoms with Crippen LogP contribution in [0.15, 0.2) is 85.1 Å². The van der Waals surface area contributed by atoms with Gasteiger partial charge in [0.2, 0.25) is 70.9 Å². The van der Waals surface area contributed by atoms with Gasteiger partial charge in [0.1, 0.15) is 67.3 Å².